The van der Waals surface area contributed by atoms with Crippen molar-refractivity contribution in [1.29, 1.82) is 0 Å². The van der Waals surface area contributed by atoms with E-state index in [0.717, 1.165) is 12.8 Å². The summed E-state index contributed by atoms with van der Waals surface area (Å²) in [4.78, 5) is 38.1. The number of aromatic nitrogens is 1. The average molecular weight is 360 g/mol. The first-order chi connectivity index (χ1) is 12.5. The molecular weight excluding hydrogens is 336 g/mol. The maximum absolute atomic E-state index is 12.4. The number of esters is 1. The second kappa shape index (κ2) is 7.76. The summed E-state index contributed by atoms with van der Waals surface area (Å²) in [6, 6.07) is 7.03. The van der Waals surface area contributed by atoms with Crippen LogP contribution >= 0.6 is 0 Å². The molecule has 1 atom stereocenters. The summed E-state index contributed by atoms with van der Waals surface area (Å²) >= 11 is 0. The molecule has 0 aliphatic carbocycles. The molecule has 0 spiro atoms. The Balaban J connectivity index is 1.54. The SMILES string of the molecule is CC1CCN(C(=O)C(C)OC(=O)CCn2c(=O)oc3ccccc32)CC1. The molecular formula is C19H24N2O5. The fourth-order valence-corrected chi connectivity index (χ4v) is 3.22. The van der Waals surface area contributed by atoms with E-state index in [1.807, 2.05) is 0 Å². The van der Waals surface area contributed by atoms with Crippen molar-refractivity contribution in [1.82, 2.24) is 9.47 Å². The summed E-state index contributed by atoms with van der Waals surface area (Å²) in [5, 5.41) is 0. The topological polar surface area (TPSA) is 81.8 Å². The van der Waals surface area contributed by atoms with Crippen molar-refractivity contribution in [3.8, 4) is 0 Å². The van der Waals surface area contributed by atoms with Gasteiger partial charge < -0.3 is 14.1 Å². The first-order valence-corrected chi connectivity index (χ1v) is 9.02. The lowest BCUT2D eigenvalue weighted by Gasteiger charge is -2.31. The van der Waals surface area contributed by atoms with Gasteiger partial charge in [0.2, 0.25) is 0 Å². The number of rotatable bonds is 5. The highest BCUT2D eigenvalue weighted by Crippen LogP contribution is 2.17. The predicted octanol–water partition coefficient (Wildman–Crippen LogP) is 2.17. The summed E-state index contributed by atoms with van der Waals surface area (Å²) in [7, 11) is 0. The Labute approximate surface area is 151 Å². The normalized spacial score (nSPS) is 16.6. The number of para-hydroxylation sites is 2. The van der Waals surface area contributed by atoms with Crippen LogP contribution in [0.3, 0.4) is 0 Å². The fourth-order valence-electron chi connectivity index (χ4n) is 3.22. The van der Waals surface area contributed by atoms with Crippen LogP contribution in [0.5, 0.6) is 0 Å². The largest absolute Gasteiger partial charge is 0.452 e. The molecule has 1 aliphatic heterocycles. The minimum atomic E-state index is -0.811. The van der Waals surface area contributed by atoms with Gasteiger partial charge in [0.1, 0.15) is 0 Å². The first-order valence-electron chi connectivity index (χ1n) is 9.02. The van der Waals surface area contributed by atoms with Gasteiger partial charge in [0, 0.05) is 19.6 Å². The highest BCUT2D eigenvalue weighted by Gasteiger charge is 2.26. The number of piperidine rings is 1. The molecule has 2 heterocycles. The van der Waals surface area contributed by atoms with Gasteiger partial charge in [-0.25, -0.2) is 4.79 Å². The van der Waals surface area contributed by atoms with Gasteiger partial charge in [-0.1, -0.05) is 19.1 Å². The van der Waals surface area contributed by atoms with Gasteiger partial charge in [-0.15, -0.1) is 0 Å². The molecule has 2 aromatic rings. The van der Waals surface area contributed by atoms with Crippen LogP contribution < -0.4 is 5.76 Å². The lowest BCUT2D eigenvalue weighted by Crippen LogP contribution is -2.44. The van der Waals surface area contributed by atoms with Crippen molar-refractivity contribution in [2.45, 2.75) is 45.8 Å². The van der Waals surface area contributed by atoms with E-state index in [1.165, 1.54) is 4.57 Å². The molecule has 0 radical (unpaired) electrons. The number of amides is 1. The summed E-state index contributed by atoms with van der Waals surface area (Å²) in [6.07, 6.45) is 1.14. The molecule has 1 aliphatic rings. The number of fused-ring (bicyclic) bond motifs is 1. The second-order valence-electron chi connectivity index (χ2n) is 6.88. The van der Waals surface area contributed by atoms with E-state index < -0.39 is 17.8 Å². The van der Waals surface area contributed by atoms with Crippen LogP contribution in [0.1, 0.15) is 33.1 Å². The number of benzene rings is 1. The summed E-state index contributed by atoms with van der Waals surface area (Å²) < 4.78 is 11.8. The highest BCUT2D eigenvalue weighted by molar-refractivity contribution is 5.83. The molecule has 0 saturated carbocycles. The van der Waals surface area contributed by atoms with Gasteiger partial charge in [-0.2, -0.15) is 0 Å². The van der Waals surface area contributed by atoms with Gasteiger partial charge in [0.05, 0.1) is 11.9 Å². The molecule has 1 amide bonds. The van der Waals surface area contributed by atoms with Crippen molar-refractivity contribution >= 4 is 23.0 Å². The smallest absolute Gasteiger partial charge is 0.419 e. The Kier molecular flexibility index (Phi) is 5.44. The molecule has 0 bridgehead atoms. The van der Waals surface area contributed by atoms with Crippen molar-refractivity contribution < 1.29 is 18.7 Å². The molecule has 140 valence electrons. The standard InChI is InChI=1S/C19H24N2O5/c1-13-7-10-20(11-8-13)18(23)14(2)25-17(22)9-12-21-15-5-3-4-6-16(15)26-19(21)24/h3-6,13-14H,7-12H2,1-2H3. The number of hydrogen-bond donors (Lipinski definition) is 0. The summed E-state index contributed by atoms with van der Waals surface area (Å²) in [6.45, 7) is 5.33. The van der Waals surface area contributed by atoms with E-state index in [4.69, 9.17) is 9.15 Å². The number of oxazole rings is 1. The summed E-state index contributed by atoms with van der Waals surface area (Å²) in [5.41, 5.74) is 1.12. The third-order valence-corrected chi connectivity index (χ3v) is 4.86. The van der Waals surface area contributed by atoms with Crippen LogP contribution in [-0.4, -0.2) is 40.5 Å². The van der Waals surface area contributed by atoms with E-state index in [-0.39, 0.29) is 18.9 Å². The number of carbonyl (C=O) groups excluding carboxylic acids is 2. The lowest BCUT2D eigenvalue weighted by atomic mass is 9.99. The van der Waals surface area contributed by atoms with Crippen molar-refractivity contribution in [3.63, 3.8) is 0 Å². The van der Waals surface area contributed by atoms with Crippen LogP contribution in [0.4, 0.5) is 0 Å². The van der Waals surface area contributed by atoms with Crippen LogP contribution in [0.25, 0.3) is 11.1 Å². The minimum absolute atomic E-state index is 0.00190. The average Bonchev–Trinajstić information content (AvgIpc) is 2.95. The number of nitrogens with zero attached hydrogens (tertiary/aromatic N) is 2. The molecule has 26 heavy (non-hydrogen) atoms. The maximum atomic E-state index is 12.4. The molecule has 1 aromatic carbocycles. The fraction of sp³-hybridized carbons (Fsp3) is 0.526. The van der Waals surface area contributed by atoms with Crippen LogP contribution in [0.15, 0.2) is 33.5 Å². The number of aryl methyl sites for hydroxylation is 1. The van der Waals surface area contributed by atoms with Crippen LogP contribution in [0.2, 0.25) is 0 Å². The molecule has 1 unspecified atom stereocenters. The van der Waals surface area contributed by atoms with Gasteiger partial charge in [0.25, 0.3) is 5.91 Å². The number of hydrogen-bond acceptors (Lipinski definition) is 5. The Morgan fingerprint density at radius 1 is 1.27 bits per heavy atom. The molecule has 1 fully saturated rings. The molecule has 1 saturated heterocycles. The quantitative estimate of drug-likeness (QED) is 0.763. The van der Waals surface area contributed by atoms with E-state index in [2.05, 4.69) is 6.92 Å². The zero-order valence-electron chi connectivity index (χ0n) is 15.1. The van der Waals surface area contributed by atoms with E-state index in [1.54, 1.807) is 36.1 Å². The Bertz CT molecular complexity index is 845. The second-order valence-corrected chi connectivity index (χ2v) is 6.88. The highest BCUT2D eigenvalue weighted by atomic mass is 16.5. The number of ether oxygens (including phenoxy) is 1. The predicted molar refractivity (Wildman–Crippen MR) is 95.6 cm³/mol. The zero-order valence-corrected chi connectivity index (χ0v) is 15.1. The molecule has 3 rings (SSSR count). The van der Waals surface area contributed by atoms with E-state index >= 15 is 0 Å². The first kappa shape index (κ1) is 18.2. The molecule has 7 heteroatoms. The number of likely N-dealkylation sites (tertiary alicyclic amines) is 1. The third-order valence-electron chi connectivity index (χ3n) is 4.86. The van der Waals surface area contributed by atoms with Gasteiger partial charge in [-0.05, 0) is 37.8 Å². The van der Waals surface area contributed by atoms with Gasteiger partial charge >= 0.3 is 11.7 Å². The van der Waals surface area contributed by atoms with Crippen molar-refractivity contribution in [2.75, 3.05) is 13.1 Å². The number of carbonyl (C=O) groups is 2. The monoisotopic (exact) mass is 360 g/mol. The molecule has 1 aromatic heterocycles. The van der Waals surface area contributed by atoms with E-state index in [0.29, 0.717) is 30.1 Å². The Hall–Kier alpha value is -2.57. The van der Waals surface area contributed by atoms with Gasteiger partial charge in [-0.3, -0.25) is 14.2 Å². The zero-order chi connectivity index (χ0) is 18.7. The third kappa shape index (κ3) is 3.98. The summed E-state index contributed by atoms with van der Waals surface area (Å²) in [5.74, 6) is -0.546. The molecule has 7 nitrogen and oxygen atoms in total. The maximum Gasteiger partial charge on any atom is 0.419 e. The van der Waals surface area contributed by atoms with Crippen molar-refractivity contribution in [3.05, 3.63) is 34.8 Å². The Morgan fingerprint density at radius 2 is 1.96 bits per heavy atom. The van der Waals surface area contributed by atoms with Crippen LogP contribution in [0, 0.1) is 5.92 Å². The van der Waals surface area contributed by atoms with E-state index in [9.17, 15) is 14.4 Å². The minimum Gasteiger partial charge on any atom is -0.452 e. The van der Waals surface area contributed by atoms with Crippen molar-refractivity contribution in [2.24, 2.45) is 5.92 Å². The van der Waals surface area contributed by atoms with Gasteiger partial charge in [0.15, 0.2) is 11.7 Å². The lowest BCUT2D eigenvalue weighted by molar-refractivity contribution is -0.159. The van der Waals surface area contributed by atoms with Crippen LogP contribution in [-0.2, 0) is 20.9 Å². The Morgan fingerprint density at radius 3 is 2.69 bits per heavy atom. The molecule has 0 N–H and O–H groups in total.